The van der Waals surface area contributed by atoms with E-state index in [0.29, 0.717) is 22.6 Å². The molecule has 0 aliphatic heterocycles. The lowest BCUT2D eigenvalue weighted by molar-refractivity contribution is -0.114. The zero-order chi connectivity index (χ0) is 13.5. The maximum Gasteiger partial charge on any atom is 0.221 e. The highest BCUT2D eigenvalue weighted by Gasteiger charge is 2.09. The van der Waals surface area contributed by atoms with Gasteiger partial charge in [0.25, 0.3) is 0 Å². The van der Waals surface area contributed by atoms with Crippen molar-refractivity contribution in [2.75, 3.05) is 12.4 Å². The lowest BCUT2D eigenvalue weighted by atomic mass is 10.1. The average molecular weight is 377 g/mol. The molecular formula is C12H12INO3S. The zero-order valence-electron chi connectivity index (χ0n) is 9.91. The fourth-order valence-corrected chi connectivity index (χ4v) is 1.89. The molecule has 0 atom stereocenters. The second kappa shape index (κ2) is 7.51. The smallest absolute Gasteiger partial charge is 0.221 e. The number of hydrogen-bond acceptors (Lipinski definition) is 4. The summed E-state index contributed by atoms with van der Waals surface area (Å²) in [5.74, 6) is 3.26. The van der Waals surface area contributed by atoms with Crippen LogP contribution in [-0.2, 0) is 11.4 Å². The van der Waals surface area contributed by atoms with Gasteiger partial charge in [0, 0.05) is 45.3 Å². The van der Waals surface area contributed by atoms with Gasteiger partial charge in [-0.3, -0.25) is 4.79 Å². The van der Waals surface area contributed by atoms with Crippen LogP contribution in [0, 0.1) is 11.2 Å². The molecule has 1 aromatic rings. The fraction of sp³-hybridized carbons (Fsp3) is 0.250. The summed E-state index contributed by atoms with van der Waals surface area (Å²) in [5, 5.41) is 14.8. The molecule has 0 aliphatic carbocycles. The third-order valence-corrected chi connectivity index (χ3v) is 2.97. The fourth-order valence-electron chi connectivity index (χ4n) is 1.41. The second-order valence-corrected chi connectivity index (χ2v) is 5.03. The Hall–Kier alpha value is -0.910. The van der Waals surface area contributed by atoms with E-state index in [9.17, 15) is 9.90 Å². The molecule has 1 aromatic carbocycles. The number of carbonyl (C=O) groups excluding carboxylic acids is 1. The van der Waals surface area contributed by atoms with E-state index >= 15 is 0 Å². The molecule has 0 spiro atoms. The third-order valence-electron chi connectivity index (χ3n) is 2.13. The molecule has 1 rings (SSSR count). The topological polar surface area (TPSA) is 58.6 Å². The predicted octanol–water partition coefficient (Wildman–Crippen LogP) is 2.54. The van der Waals surface area contributed by atoms with E-state index in [4.69, 9.17) is 4.74 Å². The minimum atomic E-state index is -0.182. The van der Waals surface area contributed by atoms with E-state index in [2.05, 4.69) is 37.7 Å². The Morgan fingerprint density at radius 1 is 1.61 bits per heavy atom. The van der Waals surface area contributed by atoms with E-state index < -0.39 is 0 Å². The summed E-state index contributed by atoms with van der Waals surface area (Å²) in [7, 11) is 2.86. The number of anilines is 1. The molecule has 6 heteroatoms. The van der Waals surface area contributed by atoms with Crippen LogP contribution in [0.5, 0.6) is 5.75 Å². The highest BCUT2D eigenvalue weighted by molar-refractivity contribution is 14.2. The highest BCUT2D eigenvalue weighted by Crippen LogP contribution is 2.27. The Kier molecular flexibility index (Phi) is 6.32. The van der Waals surface area contributed by atoms with Crippen molar-refractivity contribution in [3.8, 4) is 16.9 Å². The van der Waals surface area contributed by atoms with Crippen molar-refractivity contribution in [2.45, 2.75) is 13.5 Å². The normalized spacial score (nSPS) is 9.33. The monoisotopic (exact) mass is 377 g/mol. The molecule has 96 valence electrons. The number of aliphatic hydroxyl groups excluding tert-OH is 1. The minimum Gasteiger partial charge on any atom is -0.496 e. The van der Waals surface area contributed by atoms with Gasteiger partial charge in [-0.15, -0.1) is 0 Å². The number of rotatable bonds is 3. The van der Waals surface area contributed by atoms with Crippen LogP contribution in [0.25, 0.3) is 0 Å². The predicted molar refractivity (Wildman–Crippen MR) is 81.7 cm³/mol. The number of ether oxygens (including phenoxy) is 1. The molecule has 4 nitrogen and oxygen atoms in total. The lowest BCUT2D eigenvalue weighted by Crippen LogP contribution is -2.08. The first-order valence-corrected chi connectivity index (χ1v) is 8.36. The molecular weight excluding hydrogens is 365 g/mol. The van der Waals surface area contributed by atoms with Gasteiger partial charge in [-0.05, 0) is 20.3 Å². The van der Waals surface area contributed by atoms with Gasteiger partial charge in [0.2, 0.25) is 5.91 Å². The highest BCUT2D eigenvalue weighted by atomic mass is 127. The van der Waals surface area contributed by atoms with Gasteiger partial charge in [0.1, 0.15) is 5.75 Å². The maximum absolute atomic E-state index is 11.1. The zero-order valence-corrected chi connectivity index (χ0v) is 12.9. The van der Waals surface area contributed by atoms with E-state index in [-0.39, 0.29) is 12.5 Å². The van der Waals surface area contributed by atoms with Crippen molar-refractivity contribution in [3.63, 3.8) is 0 Å². The SMILES string of the molecule is COc1cc(NC(C)=O)c(C#CSI)cc1CO. The minimum absolute atomic E-state index is 0.143. The van der Waals surface area contributed by atoms with Gasteiger partial charge in [0.15, 0.2) is 0 Å². The molecule has 0 bridgehead atoms. The van der Waals surface area contributed by atoms with Crippen molar-refractivity contribution in [1.29, 1.82) is 0 Å². The molecule has 0 saturated heterocycles. The molecule has 0 saturated carbocycles. The molecule has 1 amide bonds. The molecule has 0 heterocycles. The van der Waals surface area contributed by atoms with E-state index in [1.807, 2.05) is 0 Å². The largest absolute Gasteiger partial charge is 0.496 e. The number of hydrogen-bond donors (Lipinski definition) is 2. The number of methoxy groups -OCH3 is 1. The van der Waals surface area contributed by atoms with Crippen molar-refractivity contribution in [1.82, 2.24) is 0 Å². The molecule has 0 radical (unpaired) electrons. The molecule has 18 heavy (non-hydrogen) atoms. The van der Waals surface area contributed by atoms with Crippen LogP contribution in [-0.4, -0.2) is 18.1 Å². The van der Waals surface area contributed by atoms with Crippen LogP contribution < -0.4 is 10.1 Å². The van der Waals surface area contributed by atoms with Crippen LogP contribution >= 0.6 is 30.1 Å². The van der Waals surface area contributed by atoms with Crippen LogP contribution in [0.1, 0.15) is 18.1 Å². The number of amides is 1. The Bertz CT molecular complexity index is 508. The first-order valence-electron chi connectivity index (χ1n) is 5.00. The standard InChI is InChI=1S/C12H12INO3S/c1-8(16)14-11-6-12(17-2)10(7-15)5-9(11)3-4-18-13/h5-6,15H,7H2,1-2H3,(H,14,16). The average Bonchev–Trinajstić information content (AvgIpc) is 2.36. The van der Waals surface area contributed by atoms with Gasteiger partial charge in [-0.1, -0.05) is 5.92 Å². The van der Waals surface area contributed by atoms with Crippen molar-refractivity contribution < 1.29 is 14.6 Å². The summed E-state index contributed by atoms with van der Waals surface area (Å²) in [4.78, 5) is 11.1. The quantitative estimate of drug-likeness (QED) is 0.628. The number of carbonyl (C=O) groups is 1. The summed E-state index contributed by atoms with van der Waals surface area (Å²) in [6.07, 6.45) is 0. The van der Waals surface area contributed by atoms with Gasteiger partial charge in [0.05, 0.1) is 19.4 Å². The van der Waals surface area contributed by atoms with Crippen LogP contribution in [0.2, 0.25) is 0 Å². The Morgan fingerprint density at radius 2 is 2.33 bits per heavy atom. The summed E-state index contributed by atoms with van der Waals surface area (Å²) >= 11 is 2.07. The van der Waals surface area contributed by atoms with Gasteiger partial charge < -0.3 is 15.2 Å². The van der Waals surface area contributed by atoms with Crippen molar-refractivity contribution in [3.05, 3.63) is 23.3 Å². The van der Waals surface area contributed by atoms with E-state index in [0.717, 1.165) is 0 Å². The maximum atomic E-state index is 11.1. The van der Waals surface area contributed by atoms with Crippen molar-refractivity contribution >= 4 is 41.7 Å². The number of benzene rings is 1. The van der Waals surface area contributed by atoms with E-state index in [1.54, 1.807) is 12.1 Å². The number of aliphatic hydroxyl groups is 1. The lowest BCUT2D eigenvalue weighted by Gasteiger charge is -2.11. The summed E-state index contributed by atoms with van der Waals surface area (Å²) < 4.78 is 5.15. The Balaban J connectivity index is 3.30. The van der Waals surface area contributed by atoms with Gasteiger partial charge in [-0.25, -0.2) is 0 Å². The summed E-state index contributed by atoms with van der Waals surface area (Å²) in [6, 6.07) is 3.37. The second-order valence-electron chi connectivity index (χ2n) is 3.35. The third kappa shape index (κ3) is 4.08. The van der Waals surface area contributed by atoms with Crippen LogP contribution in [0.15, 0.2) is 12.1 Å². The molecule has 0 unspecified atom stereocenters. The molecule has 0 aliphatic rings. The molecule has 0 fully saturated rings. The molecule has 2 N–H and O–H groups in total. The van der Waals surface area contributed by atoms with Crippen molar-refractivity contribution in [2.24, 2.45) is 0 Å². The van der Waals surface area contributed by atoms with Gasteiger partial charge >= 0.3 is 0 Å². The Labute approximate surface area is 122 Å². The van der Waals surface area contributed by atoms with Crippen LogP contribution in [0.3, 0.4) is 0 Å². The number of halogens is 1. The first-order chi connectivity index (χ1) is 8.62. The van der Waals surface area contributed by atoms with E-state index in [1.165, 1.54) is 23.0 Å². The Morgan fingerprint density at radius 3 is 2.83 bits per heavy atom. The first kappa shape index (κ1) is 15.1. The molecule has 0 aromatic heterocycles. The van der Waals surface area contributed by atoms with Crippen LogP contribution in [0.4, 0.5) is 5.69 Å². The van der Waals surface area contributed by atoms with Gasteiger partial charge in [-0.2, -0.15) is 0 Å². The summed E-state index contributed by atoms with van der Waals surface area (Å²) in [6.45, 7) is 1.28. The summed E-state index contributed by atoms with van der Waals surface area (Å²) in [5.41, 5.74) is 1.86. The number of nitrogens with one attached hydrogen (secondary N) is 1.